The first-order valence-corrected chi connectivity index (χ1v) is 8.88. The molecule has 2 aromatic carbocycles. The Morgan fingerprint density at radius 3 is 2.55 bits per heavy atom. The van der Waals surface area contributed by atoms with Crippen molar-refractivity contribution in [3.05, 3.63) is 82.9 Å². The van der Waals surface area contributed by atoms with Gasteiger partial charge in [0.15, 0.2) is 5.69 Å². The van der Waals surface area contributed by atoms with Crippen molar-refractivity contribution >= 4 is 5.97 Å². The van der Waals surface area contributed by atoms with Crippen LogP contribution in [0.15, 0.2) is 48.8 Å². The van der Waals surface area contributed by atoms with Gasteiger partial charge in [-0.2, -0.15) is 0 Å². The van der Waals surface area contributed by atoms with Crippen LogP contribution in [0.4, 0.5) is 8.78 Å². The summed E-state index contributed by atoms with van der Waals surface area (Å²) in [7, 11) is 1.27. The van der Waals surface area contributed by atoms with Crippen LogP contribution in [0.25, 0.3) is 0 Å². The van der Waals surface area contributed by atoms with E-state index < -0.39 is 11.8 Å². The summed E-state index contributed by atoms with van der Waals surface area (Å²) in [5, 5.41) is 0. The van der Waals surface area contributed by atoms with Crippen molar-refractivity contribution in [2.75, 3.05) is 7.11 Å². The van der Waals surface area contributed by atoms with Gasteiger partial charge in [0.2, 0.25) is 0 Å². The molecule has 148 valence electrons. The fourth-order valence-electron chi connectivity index (χ4n) is 3.17. The Labute approximate surface area is 165 Å². The molecule has 0 unspecified atom stereocenters. The topological polar surface area (TPSA) is 64.5 Å². The minimum atomic E-state index is -0.562. The van der Waals surface area contributed by atoms with Crippen LogP contribution in [-0.4, -0.2) is 27.9 Å². The highest BCUT2D eigenvalue weighted by Crippen LogP contribution is 2.34. The Hall–Kier alpha value is -3.39. The van der Waals surface area contributed by atoms with Crippen molar-refractivity contribution in [2.45, 2.75) is 19.6 Å². The summed E-state index contributed by atoms with van der Waals surface area (Å²) in [6.07, 6.45) is 2.85. The second kappa shape index (κ2) is 7.92. The predicted molar refractivity (Wildman–Crippen MR) is 99.2 cm³/mol. The maximum atomic E-state index is 13.8. The lowest BCUT2D eigenvalue weighted by molar-refractivity contribution is 0.0593. The lowest BCUT2D eigenvalue weighted by atomic mass is 10.1. The molecule has 0 amide bonds. The van der Waals surface area contributed by atoms with E-state index in [2.05, 4.69) is 14.7 Å². The van der Waals surface area contributed by atoms with Gasteiger partial charge in [0.05, 0.1) is 25.2 Å². The molecule has 1 aromatic heterocycles. The zero-order chi connectivity index (χ0) is 20.4. The van der Waals surface area contributed by atoms with Crippen molar-refractivity contribution < 1.29 is 23.0 Å². The lowest BCUT2D eigenvalue weighted by Crippen LogP contribution is -2.25. The van der Waals surface area contributed by atoms with Crippen LogP contribution in [-0.2, 0) is 24.4 Å². The number of hydrogen-bond donors (Lipinski definition) is 0. The first kappa shape index (κ1) is 18.9. The summed E-state index contributed by atoms with van der Waals surface area (Å²) in [5.74, 6) is -0.504. The average molecular weight is 397 g/mol. The number of fused-ring (bicyclic) bond motifs is 2. The van der Waals surface area contributed by atoms with Crippen molar-refractivity contribution in [3.63, 3.8) is 0 Å². The third kappa shape index (κ3) is 4.22. The number of rotatable bonds is 3. The van der Waals surface area contributed by atoms with Crippen molar-refractivity contribution in [2.24, 2.45) is 0 Å². The monoisotopic (exact) mass is 397 g/mol. The minimum Gasteiger partial charge on any atom is -0.464 e. The molecule has 0 radical (unpaired) electrons. The van der Waals surface area contributed by atoms with E-state index in [4.69, 9.17) is 4.74 Å². The number of hydrogen-bond acceptors (Lipinski definition) is 6. The van der Waals surface area contributed by atoms with E-state index in [0.717, 1.165) is 5.56 Å². The number of carbonyl (C=O) groups is 1. The van der Waals surface area contributed by atoms with E-state index in [1.807, 2.05) is 4.90 Å². The molecule has 6 nitrogen and oxygen atoms in total. The Kier molecular flexibility index (Phi) is 5.18. The highest BCUT2D eigenvalue weighted by Gasteiger charge is 2.20. The molecule has 3 aromatic rings. The summed E-state index contributed by atoms with van der Waals surface area (Å²) >= 11 is 0. The summed E-state index contributed by atoms with van der Waals surface area (Å²) in [6, 6.07) is 8.60. The van der Waals surface area contributed by atoms with Gasteiger partial charge in [0, 0.05) is 36.8 Å². The number of benzene rings is 2. The molecule has 0 fully saturated rings. The Morgan fingerprint density at radius 2 is 1.79 bits per heavy atom. The number of nitrogens with zero attached hydrogens (tertiary/aromatic N) is 3. The van der Waals surface area contributed by atoms with Gasteiger partial charge in [0.1, 0.15) is 23.1 Å². The van der Waals surface area contributed by atoms with Gasteiger partial charge in [-0.25, -0.2) is 18.6 Å². The molecular formula is C21H17F2N3O3. The second-order valence-electron chi connectivity index (χ2n) is 6.64. The summed E-state index contributed by atoms with van der Waals surface area (Å²) in [5.41, 5.74) is 2.17. The van der Waals surface area contributed by atoms with E-state index in [9.17, 15) is 13.6 Å². The van der Waals surface area contributed by atoms with E-state index >= 15 is 0 Å². The van der Waals surface area contributed by atoms with Crippen LogP contribution in [0.1, 0.15) is 27.3 Å². The van der Waals surface area contributed by atoms with Crippen LogP contribution in [0.2, 0.25) is 0 Å². The standard InChI is InChI=1S/C21H17F2N3O3/c1-28-21(27)18-9-24-17(8-25-18)12-26-10-13-2-3-16(23)7-20(13)29-19-5-4-15(22)6-14(19)11-26/h2-9H,10-12H2,1H3. The highest BCUT2D eigenvalue weighted by atomic mass is 19.1. The largest absolute Gasteiger partial charge is 0.464 e. The molecule has 1 aliphatic heterocycles. The Balaban J connectivity index is 1.65. The van der Waals surface area contributed by atoms with Crippen molar-refractivity contribution in [1.82, 2.24) is 14.9 Å². The molecule has 0 saturated heterocycles. The SMILES string of the molecule is COC(=O)c1cnc(CN2Cc3cc(F)ccc3Oc3cc(F)ccc3C2)cn1. The predicted octanol–water partition coefficient (Wildman–Crippen LogP) is 3.85. The number of methoxy groups -OCH3 is 1. The van der Waals surface area contributed by atoms with Gasteiger partial charge in [-0.3, -0.25) is 9.88 Å². The molecule has 29 heavy (non-hydrogen) atoms. The molecule has 0 bridgehead atoms. The molecule has 0 atom stereocenters. The first-order chi connectivity index (χ1) is 14.0. The van der Waals surface area contributed by atoms with E-state index in [-0.39, 0.29) is 11.5 Å². The Bertz CT molecular complexity index is 1060. The minimum absolute atomic E-state index is 0.116. The van der Waals surface area contributed by atoms with Crippen molar-refractivity contribution in [1.29, 1.82) is 0 Å². The maximum Gasteiger partial charge on any atom is 0.358 e. The number of aromatic nitrogens is 2. The van der Waals surface area contributed by atoms with E-state index in [1.165, 1.54) is 49.8 Å². The fraction of sp³-hybridized carbons (Fsp3) is 0.190. The van der Waals surface area contributed by atoms with Gasteiger partial charge in [-0.15, -0.1) is 0 Å². The van der Waals surface area contributed by atoms with Crippen LogP contribution in [0.3, 0.4) is 0 Å². The van der Waals surface area contributed by atoms with Crippen LogP contribution >= 0.6 is 0 Å². The quantitative estimate of drug-likeness (QED) is 0.626. The highest BCUT2D eigenvalue weighted by molar-refractivity contribution is 5.86. The second-order valence-corrected chi connectivity index (χ2v) is 6.64. The van der Waals surface area contributed by atoms with E-state index in [1.54, 1.807) is 6.07 Å². The maximum absolute atomic E-state index is 13.8. The van der Waals surface area contributed by atoms with Crippen molar-refractivity contribution in [3.8, 4) is 11.5 Å². The number of esters is 1. The molecule has 2 heterocycles. The first-order valence-electron chi connectivity index (χ1n) is 8.88. The van der Waals surface area contributed by atoms with Gasteiger partial charge < -0.3 is 9.47 Å². The third-order valence-corrected chi connectivity index (χ3v) is 4.55. The summed E-state index contributed by atoms with van der Waals surface area (Å²) in [4.78, 5) is 21.9. The van der Waals surface area contributed by atoms with Gasteiger partial charge >= 0.3 is 5.97 Å². The molecule has 8 heteroatoms. The van der Waals surface area contributed by atoms with Crippen LogP contribution in [0.5, 0.6) is 11.5 Å². The van der Waals surface area contributed by atoms with Gasteiger partial charge in [-0.05, 0) is 24.3 Å². The lowest BCUT2D eigenvalue weighted by Gasteiger charge is -2.27. The fourth-order valence-corrected chi connectivity index (χ4v) is 3.17. The smallest absolute Gasteiger partial charge is 0.358 e. The molecule has 0 saturated carbocycles. The summed E-state index contributed by atoms with van der Waals surface area (Å²) < 4.78 is 38.0. The number of halogens is 2. The zero-order valence-electron chi connectivity index (χ0n) is 15.6. The molecule has 0 spiro atoms. The molecule has 1 aliphatic rings. The average Bonchev–Trinajstić information content (AvgIpc) is 2.70. The summed E-state index contributed by atoms with van der Waals surface area (Å²) in [6.45, 7) is 1.22. The van der Waals surface area contributed by atoms with Crippen LogP contribution < -0.4 is 4.74 Å². The van der Waals surface area contributed by atoms with Gasteiger partial charge in [-0.1, -0.05) is 6.07 Å². The number of ether oxygens (including phenoxy) is 2. The van der Waals surface area contributed by atoms with Crippen LogP contribution in [0, 0.1) is 11.6 Å². The normalized spacial score (nSPS) is 13.5. The number of carbonyl (C=O) groups excluding carboxylic acids is 1. The van der Waals surface area contributed by atoms with Gasteiger partial charge in [0.25, 0.3) is 0 Å². The van der Waals surface area contributed by atoms with E-state index in [0.29, 0.717) is 42.4 Å². The molecule has 0 aliphatic carbocycles. The Morgan fingerprint density at radius 1 is 1.03 bits per heavy atom. The molecule has 4 rings (SSSR count). The zero-order valence-corrected chi connectivity index (χ0v) is 15.6. The molecular weight excluding hydrogens is 380 g/mol. The third-order valence-electron chi connectivity index (χ3n) is 4.55. The molecule has 0 N–H and O–H groups in total.